The first-order chi connectivity index (χ1) is 14.7. The van der Waals surface area contributed by atoms with E-state index in [-0.39, 0.29) is 6.04 Å². The van der Waals surface area contributed by atoms with Gasteiger partial charge in [0.05, 0.1) is 26.4 Å². The Morgan fingerprint density at radius 1 is 1.00 bits per heavy atom. The maximum atomic E-state index is 10.8. The van der Waals surface area contributed by atoms with E-state index in [1.54, 1.807) is 7.11 Å². The smallest absolute Gasteiger partial charge is 0.118 e. The number of rotatable bonds is 7. The number of ether oxygens (including phenoxy) is 2. The van der Waals surface area contributed by atoms with Gasteiger partial charge in [-0.2, -0.15) is 0 Å². The highest BCUT2D eigenvalue weighted by Crippen LogP contribution is 2.36. The van der Waals surface area contributed by atoms with Crippen LogP contribution in [0.4, 0.5) is 0 Å². The molecule has 2 aliphatic rings. The Hall–Kier alpha value is -2.40. The SMILES string of the molecule is COc1ccc(CN2[C@H]3CCC=C(COCc4ccccc4)C3=C[C@@H](O)[C@@H]2C)cc1. The summed E-state index contributed by atoms with van der Waals surface area (Å²) in [6.07, 6.45) is 5.96. The summed E-state index contributed by atoms with van der Waals surface area (Å²) < 4.78 is 11.3. The van der Waals surface area contributed by atoms with E-state index in [1.807, 2.05) is 30.3 Å². The van der Waals surface area contributed by atoms with Gasteiger partial charge in [0.15, 0.2) is 0 Å². The third-order valence-electron chi connectivity index (χ3n) is 6.22. The fourth-order valence-electron chi connectivity index (χ4n) is 4.46. The summed E-state index contributed by atoms with van der Waals surface area (Å²) in [7, 11) is 1.69. The van der Waals surface area contributed by atoms with Crippen molar-refractivity contribution in [3.05, 3.63) is 89.0 Å². The molecule has 0 bridgehead atoms. The lowest BCUT2D eigenvalue weighted by molar-refractivity contribution is 0.0423. The number of fused-ring (bicyclic) bond motifs is 1. The molecule has 0 fully saturated rings. The number of benzene rings is 2. The first-order valence-electron chi connectivity index (χ1n) is 10.7. The van der Waals surface area contributed by atoms with Crippen molar-refractivity contribution in [1.82, 2.24) is 4.90 Å². The second-order valence-corrected chi connectivity index (χ2v) is 8.17. The zero-order valence-corrected chi connectivity index (χ0v) is 17.8. The summed E-state index contributed by atoms with van der Waals surface area (Å²) in [5.41, 5.74) is 4.85. The molecule has 1 aliphatic heterocycles. The minimum atomic E-state index is -0.481. The Kier molecular flexibility index (Phi) is 6.68. The second-order valence-electron chi connectivity index (χ2n) is 8.17. The highest BCUT2D eigenvalue weighted by Gasteiger charge is 2.36. The maximum Gasteiger partial charge on any atom is 0.118 e. The largest absolute Gasteiger partial charge is 0.497 e. The van der Waals surface area contributed by atoms with Crippen molar-refractivity contribution in [3.8, 4) is 5.75 Å². The van der Waals surface area contributed by atoms with Crippen LogP contribution < -0.4 is 4.74 Å². The van der Waals surface area contributed by atoms with Crippen LogP contribution in [0.3, 0.4) is 0 Å². The van der Waals surface area contributed by atoms with Crippen LogP contribution in [0.5, 0.6) is 5.75 Å². The highest BCUT2D eigenvalue weighted by atomic mass is 16.5. The zero-order chi connectivity index (χ0) is 20.9. The predicted octanol–water partition coefficient (Wildman–Crippen LogP) is 4.49. The molecule has 3 atom stereocenters. The number of hydrogen-bond acceptors (Lipinski definition) is 4. The molecule has 1 heterocycles. The third kappa shape index (κ3) is 4.67. The quantitative estimate of drug-likeness (QED) is 0.737. The number of allylic oxidation sites excluding steroid dienone is 1. The second kappa shape index (κ2) is 9.61. The molecule has 0 aromatic heterocycles. The molecule has 2 aromatic carbocycles. The summed E-state index contributed by atoms with van der Waals surface area (Å²) in [4.78, 5) is 2.44. The van der Waals surface area contributed by atoms with E-state index in [2.05, 4.69) is 48.2 Å². The van der Waals surface area contributed by atoms with E-state index >= 15 is 0 Å². The van der Waals surface area contributed by atoms with E-state index in [0.29, 0.717) is 19.3 Å². The van der Waals surface area contributed by atoms with Crippen LogP contribution >= 0.6 is 0 Å². The molecule has 158 valence electrons. The molecule has 4 nitrogen and oxygen atoms in total. The first-order valence-corrected chi connectivity index (χ1v) is 10.7. The van der Waals surface area contributed by atoms with Crippen molar-refractivity contribution >= 4 is 0 Å². The van der Waals surface area contributed by atoms with Gasteiger partial charge < -0.3 is 14.6 Å². The van der Waals surface area contributed by atoms with Crippen LogP contribution in [0, 0.1) is 0 Å². The lowest BCUT2D eigenvalue weighted by atomic mass is 9.82. The van der Waals surface area contributed by atoms with Crippen LogP contribution in [0.25, 0.3) is 0 Å². The Morgan fingerprint density at radius 2 is 1.77 bits per heavy atom. The molecule has 1 N–H and O–H groups in total. The van der Waals surface area contributed by atoms with Gasteiger partial charge in [-0.25, -0.2) is 0 Å². The van der Waals surface area contributed by atoms with Crippen molar-refractivity contribution in [2.24, 2.45) is 0 Å². The zero-order valence-electron chi connectivity index (χ0n) is 17.8. The van der Waals surface area contributed by atoms with Gasteiger partial charge >= 0.3 is 0 Å². The summed E-state index contributed by atoms with van der Waals surface area (Å²) in [6.45, 7) is 4.10. The van der Waals surface area contributed by atoms with Crippen LogP contribution in [-0.4, -0.2) is 41.9 Å². The molecule has 0 saturated carbocycles. The standard InChI is InChI=1S/C26H31NO3/c1-19-26(28)15-24-22(18-30-17-21-7-4-3-5-8-21)9-6-10-25(24)27(19)16-20-11-13-23(29-2)14-12-20/h3-5,7-9,11-15,19,25-26,28H,6,10,16-18H2,1-2H3/t19-,25-,26+/m0/s1. The number of aliphatic hydroxyl groups excluding tert-OH is 1. The maximum absolute atomic E-state index is 10.8. The van der Waals surface area contributed by atoms with E-state index in [9.17, 15) is 5.11 Å². The van der Waals surface area contributed by atoms with Gasteiger partial charge in [-0.05, 0) is 60.2 Å². The minimum Gasteiger partial charge on any atom is -0.497 e. The molecule has 4 rings (SSSR count). The topological polar surface area (TPSA) is 41.9 Å². The fraction of sp³-hybridized carbons (Fsp3) is 0.385. The predicted molar refractivity (Wildman–Crippen MR) is 119 cm³/mol. The summed E-state index contributed by atoms with van der Waals surface area (Å²) >= 11 is 0. The van der Waals surface area contributed by atoms with E-state index in [0.717, 1.165) is 25.1 Å². The lowest BCUT2D eigenvalue weighted by Gasteiger charge is -2.45. The minimum absolute atomic E-state index is 0.0745. The Balaban J connectivity index is 1.46. The Labute approximate surface area is 179 Å². The first kappa shape index (κ1) is 20.9. The molecule has 0 spiro atoms. The number of methoxy groups -OCH3 is 1. The van der Waals surface area contributed by atoms with Crippen molar-refractivity contribution in [3.63, 3.8) is 0 Å². The average Bonchev–Trinajstić information content (AvgIpc) is 2.78. The molecule has 30 heavy (non-hydrogen) atoms. The van der Waals surface area contributed by atoms with Gasteiger partial charge in [0, 0.05) is 18.6 Å². The van der Waals surface area contributed by atoms with Crippen molar-refractivity contribution < 1.29 is 14.6 Å². The molecular formula is C26H31NO3. The van der Waals surface area contributed by atoms with Gasteiger partial charge in [0.1, 0.15) is 5.75 Å². The summed E-state index contributed by atoms with van der Waals surface area (Å²) in [6, 6.07) is 18.9. The van der Waals surface area contributed by atoms with E-state index in [4.69, 9.17) is 9.47 Å². The van der Waals surface area contributed by atoms with Crippen molar-refractivity contribution in [2.45, 2.75) is 51.1 Å². The molecule has 0 amide bonds. The van der Waals surface area contributed by atoms with Crippen LogP contribution in [0.2, 0.25) is 0 Å². The van der Waals surface area contributed by atoms with Gasteiger partial charge in [-0.3, -0.25) is 4.90 Å². The molecule has 0 unspecified atom stereocenters. The number of nitrogens with zero attached hydrogens (tertiary/aromatic N) is 1. The normalized spacial score (nSPS) is 24.0. The molecule has 2 aromatic rings. The van der Waals surface area contributed by atoms with Crippen LogP contribution in [-0.2, 0) is 17.9 Å². The summed E-state index contributed by atoms with van der Waals surface area (Å²) in [5.74, 6) is 0.865. The van der Waals surface area contributed by atoms with E-state index in [1.165, 1.54) is 22.3 Å². The van der Waals surface area contributed by atoms with Crippen LogP contribution in [0.15, 0.2) is 77.9 Å². The highest BCUT2D eigenvalue weighted by molar-refractivity contribution is 5.41. The molecule has 4 heteroatoms. The Morgan fingerprint density at radius 3 is 2.50 bits per heavy atom. The van der Waals surface area contributed by atoms with Crippen molar-refractivity contribution in [2.75, 3.05) is 13.7 Å². The van der Waals surface area contributed by atoms with Gasteiger partial charge in [0.2, 0.25) is 0 Å². The monoisotopic (exact) mass is 405 g/mol. The molecule has 1 aliphatic carbocycles. The molecular weight excluding hydrogens is 374 g/mol. The van der Waals surface area contributed by atoms with Gasteiger partial charge in [0.25, 0.3) is 0 Å². The number of aliphatic hydroxyl groups is 1. The average molecular weight is 406 g/mol. The fourth-order valence-corrected chi connectivity index (χ4v) is 4.46. The van der Waals surface area contributed by atoms with Crippen molar-refractivity contribution in [1.29, 1.82) is 0 Å². The third-order valence-corrected chi connectivity index (χ3v) is 6.22. The number of hydrogen-bond donors (Lipinski definition) is 1. The lowest BCUT2D eigenvalue weighted by Crippen LogP contribution is -2.52. The van der Waals surface area contributed by atoms with Crippen LogP contribution in [0.1, 0.15) is 30.9 Å². The summed E-state index contributed by atoms with van der Waals surface area (Å²) in [5, 5.41) is 10.8. The van der Waals surface area contributed by atoms with Gasteiger partial charge in [-0.1, -0.05) is 48.5 Å². The van der Waals surface area contributed by atoms with Gasteiger partial charge in [-0.15, -0.1) is 0 Å². The van der Waals surface area contributed by atoms with E-state index < -0.39 is 6.10 Å². The molecule has 0 saturated heterocycles. The molecule has 0 radical (unpaired) electrons. The Bertz CT molecular complexity index is 888.